The van der Waals surface area contributed by atoms with Crippen LogP contribution in [0, 0.1) is 6.92 Å². The van der Waals surface area contributed by atoms with E-state index < -0.39 is 5.97 Å². The van der Waals surface area contributed by atoms with Crippen molar-refractivity contribution in [3.05, 3.63) is 6.92 Å². The minimum absolute atomic E-state index is 0. The number of carboxylic acid groups (broad SMARTS) is 1. The largest absolute Gasteiger partial charge is 0.481 e. The van der Waals surface area contributed by atoms with Crippen LogP contribution >= 0.6 is 0 Å². The molecule has 0 rings (SSSR count). The molecule has 0 atom stereocenters. The fourth-order valence-corrected chi connectivity index (χ4v) is 0. The van der Waals surface area contributed by atoms with Gasteiger partial charge in [0.1, 0.15) is 0 Å². The van der Waals surface area contributed by atoms with Crippen LogP contribution < -0.4 is 0 Å². The molecule has 0 aromatic heterocycles. The van der Waals surface area contributed by atoms with E-state index in [-0.39, 0.29) is 28.1 Å². The Hall–Kier alpha value is 0.184. The van der Waals surface area contributed by atoms with Gasteiger partial charge in [-0.25, -0.2) is 0 Å². The molecule has 0 aliphatic heterocycles. The molecule has 0 heterocycles. The summed E-state index contributed by atoms with van der Waals surface area (Å²) in [7, 11) is 0. The number of hydrogen-bond acceptors (Lipinski definition) is 1. The topological polar surface area (TPSA) is 37.3 Å². The Bertz CT molecular complexity index is 44.1. The van der Waals surface area contributed by atoms with Gasteiger partial charge in [0, 0.05) is 28.1 Å². The molecular formula is C3H5O2Ti. The van der Waals surface area contributed by atoms with E-state index in [1.54, 1.807) is 0 Å². The molecule has 0 aliphatic rings. The molecule has 0 amide bonds. The fourth-order valence-electron chi connectivity index (χ4n) is 0. The molecule has 2 nitrogen and oxygen atoms in total. The van der Waals surface area contributed by atoms with Crippen LogP contribution in [0.1, 0.15) is 6.42 Å². The van der Waals surface area contributed by atoms with Crippen LogP contribution in [0.15, 0.2) is 0 Å². The molecule has 0 saturated carbocycles. The van der Waals surface area contributed by atoms with E-state index in [0.29, 0.717) is 0 Å². The Morgan fingerprint density at radius 2 is 2.00 bits per heavy atom. The molecule has 0 saturated heterocycles. The Kier molecular flexibility index (Phi) is 8.20. The SMILES string of the molecule is [CH2]CC(=O)O.[Ti]. The first-order chi connectivity index (χ1) is 2.27. The standard InChI is InChI=1S/C3H5O2.Ti/c1-2-3(4)5;/h1-2H2,(H,4,5);. The van der Waals surface area contributed by atoms with Gasteiger partial charge in [0.15, 0.2) is 0 Å². The van der Waals surface area contributed by atoms with E-state index in [2.05, 4.69) is 6.92 Å². The maximum Gasteiger partial charge on any atom is 0.303 e. The van der Waals surface area contributed by atoms with Crippen LogP contribution in [-0.4, -0.2) is 11.1 Å². The Morgan fingerprint density at radius 3 is 2.00 bits per heavy atom. The van der Waals surface area contributed by atoms with E-state index >= 15 is 0 Å². The van der Waals surface area contributed by atoms with Crippen molar-refractivity contribution >= 4 is 5.97 Å². The summed E-state index contributed by atoms with van der Waals surface area (Å²) in [5.74, 6) is -0.856. The van der Waals surface area contributed by atoms with Crippen molar-refractivity contribution in [1.29, 1.82) is 0 Å². The number of carbonyl (C=O) groups is 1. The van der Waals surface area contributed by atoms with Crippen LogP contribution in [0.3, 0.4) is 0 Å². The molecule has 1 radical (unpaired) electrons. The van der Waals surface area contributed by atoms with Crippen molar-refractivity contribution in [2.24, 2.45) is 0 Å². The van der Waals surface area contributed by atoms with Gasteiger partial charge in [0.05, 0.1) is 0 Å². The predicted octanol–water partition coefficient (Wildman–Crippen LogP) is 0.293. The first kappa shape index (κ1) is 9.49. The molecule has 1 N–H and O–H groups in total. The van der Waals surface area contributed by atoms with Crippen LogP contribution in [-0.2, 0) is 26.5 Å². The van der Waals surface area contributed by atoms with Crippen molar-refractivity contribution in [3.63, 3.8) is 0 Å². The van der Waals surface area contributed by atoms with Gasteiger partial charge in [-0.3, -0.25) is 4.79 Å². The summed E-state index contributed by atoms with van der Waals surface area (Å²) in [4.78, 5) is 9.31. The normalized spacial score (nSPS) is 6.17. The monoisotopic (exact) mass is 121 g/mol. The quantitative estimate of drug-likeness (QED) is 0.506. The zero-order chi connectivity index (χ0) is 4.28. The molecule has 0 aromatic carbocycles. The van der Waals surface area contributed by atoms with Gasteiger partial charge in [-0.1, -0.05) is 0 Å². The third-order valence-corrected chi connectivity index (χ3v) is 0.214. The van der Waals surface area contributed by atoms with Crippen molar-refractivity contribution in [1.82, 2.24) is 0 Å². The van der Waals surface area contributed by atoms with E-state index in [4.69, 9.17) is 5.11 Å². The first-order valence-corrected chi connectivity index (χ1v) is 1.28. The molecule has 0 aliphatic carbocycles. The Morgan fingerprint density at radius 1 is 1.83 bits per heavy atom. The van der Waals surface area contributed by atoms with Crippen molar-refractivity contribution in [2.75, 3.05) is 0 Å². The van der Waals surface area contributed by atoms with Crippen LogP contribution in [0.2, 0.25) is 0 Å². The third-order valence-electron chi connectivity index (χ3n) is 0.214. The summed E-state index contributed by atoms with van der Waals surface area (Å²) in [6.07, 6.45) is -0.0278. The van der Waals surface area contributed by atoms with Gasteiger partial charge in [0.2, 0.25) is 0 Å². The summed E-state index contributed by atoms with van der Waals surface area (Å²) in [6, 6.07) is 0. The van der Waals surface area contributed by atoms with Crippen LogP contribution in [0.25, 0.3) is 0 Å². The van der Waals surface area contributed by atoms with Crippen molar-refractivity contribution in [2.45, 2.75) is 6.42 Å². The molecule has 0 fully saturated rings. The molecule has 0 bridgehead atoms. The van der Waals surface area contributed by atoms with Gasteiger partial charge in [0.25, 0.3) is 0 Å². The Balaban J connectivity index is 0. The summed E-state index contributed by atoms with van der Waals surface area (Å²) in [6.45, 7) is 3.09. The molecule has 6 heavy (non-hydrogen) atoms. The van der Waals surface area contributed by atoms with E-state index in [9.17, 15) is 4.79 Å². The second-order valence-corrected chi connectivity index (χ2v) is 0.644. The second-order valence-electron chi connectivity index (χ2n) is 0.644. The number of rotatable bonds is 1. The average Bonchev–Trinajstić information content (AvgIpc) is 1.38. The molecular weight excluding hydrogens is 116 g/mol. The summed E-state index contributed by atoms with van der Waals surface area (Å²) in [5.41, 5.74) is 0. The maximum atomic E-state index is 9.31. The molecule has 0 unspecified atom stereocenters. The van der Waals surface area contributed by atoms with Gasteiger partial charge in [-0.05, 0) is 6.92 Å². The Labute approximate surface area is 51.4 Å². The average molecular weight is 121 g/mol. The number of aliphatic carboxylic acids is 1. The fraction of sp³-hybridized carbons (Fsp3) is 0.333. The summed E-state index contributed by atoms with van der Waals surface area (Å²) in [5, 5.41) is 7.66. The van der Waals surface area contributed by atoms with Crippen LogP contribution in [0.4, 0.5) is 0 Å². The van der Waals surface area contributed by atoms with Crippen molar-refractivity contribution < 1.29 is 31.6 Å². The zero-order valence-corrected chi connectivity index (χ0v) is 4.83. The van der Waals surface area contributed by atoms with Crippen LogP contribution in [0.5, 0.6) is 0 Å². The minimum Gasteiger partial charge on any atom is -0.481 e. The molecule has 33 valence electrons. The van der Waals surface area contributed by atoms with E-state index in [1.807, 2.05) is 0 Å². The number of carboxylic acids is 1. The molecule has 3 heteroatoms. The van der Waals surface area contributed by atoms with Gasteiger partial charge >= 0.3 is 5.97 Å². The minimum atomic E-state index is -0.856. The smallest absolute Gasteiger partial charge is 0.303 e. The summed E-state index contributed by atoms with van der Waals surface area (Å²) < 4.78 is 0. The van der Waals surface area contributed by atoms with Gasteiger partial charge in [-0.2, -0.15) is 0 Å². The second kappa shape index (κ2) is 5.18. The number of hydrogen-bond donors (Lipinski definition) is 1. The first-order valence-electron chi connectivity index (χ1n) is 1.28. The van der Waals surface area contributed by atoms with Crippen molar-refractivity contribution in [3.8, 4) is 0 Å². The summed E-state index contributed by atoms with van der Waals surface area (Å²) >= 11 is 0. The van der Waals surface area contributed by atoms with E-state index in [1.165, 1.54) is 0 Å². The van der Waals surface area contributed by atoms with Gasteiger partial charge < -0.3 is 5.11 Å². The maximum absolute atomic E-state index is 9.31. The molecule has 0 aromatic rings. The zero-order valence-electron chi connectivity index (χ0n) is 3.27. The third kappa shape index (κ3) is 8.89. The molecule has 0 spiro atoms. The van der Waals surface area contributed by atoms with E-state index in [0.717, 1.165) is 0 Å². The predicted molar refractivity (Wildman–Crippen MR) is 17.6 cm³/mol. The van der Waals surface area contributed by atoms with Gasteiger partial charge in [-0.15, -0.1) is 0 Å².